The molecule has 1 atom stereocenters. The van der Waals surface area contributed by atoms with Crippen molar-refractivity contribution in [2.75, 3.05) is 11.9 Å². The Balaban J connectivity index is 1.75. The SMILES string of the molecule is OC(CNc1cccc2ccsc12)C1CC1. The van der Waals surface area contributed by atoms with Gasteiger partial charge >= 0.3 is 0 Å². The first kappa shape index (κ1) is 10.1. The lowest BCUT2D eigenvalue weighted by atomic mass is 10.2. The zero-order valence-electron chi connectivity index (χ0n) is 9.02. The fraction of sp³-hybridized carbons (Fsp3) is 0.385. The van der Waals surface area contributed by atoms with Crippen LogP contribution in [0.3, 0.4) is 0 Å². The Morgan fingerprint density at radius 2 is 2.25 bits per heavy atom. The molecule has 3 rings (SSSR count). The minimum absolute atomic E-state index is 0.185. The molecule has 1 fully saturated rings. The van der Waals surface area contributed by atoms with Crippen molar-refractivity contribution in [3.05, 3.63) is 29.6 Å². The molecule has 84 valence electrons. The van der Waals surface area contributed by atoms with Crippen LogP contribution in [0.25, 0.3) is 10.1 Å². The van der Waals surface area contributed by atoms with Gasteiger partial charge in [-0.2, -0.15) is 0 Å². The van der Waals surface area contributed by atoms with Gasteiger partial charge in [0, 0.05) is 6.54 Å². The maximum atomic E-state index is 9.81. The Morgan fingerprint density at radius 3 is 3.06 bits per heavy atom. The van der Waals surface area contributed by atoms with Gasteiger partial charge in [-0.3, -0.25) is 0 Å². The average Bonchev–Trinajstić information content (AvgIpc) is 3.04. The van der Waals surface area contributed by atoms with Crippen LogP contribution < -0.4 is 5.32 Å². The van der Waals surface area contributed by atoms with Gasteiger partial charge in [-0.1, -0.05) is 12.1 Å². The van der Waals surface area contributed by atoms with Gasteiger partial charge in [-0.25, -0.2) is 0 Å². The van der Waals surface area contributed by atoms with Crippen LogP contribution in [0.5, 0.6) is 0 Å². The molecule has 0 saturated heterocycles. The second kappa shape index (κ2) is 4.07. The van der Waals surface area contributed by atoms with E-state index < -0.39 is 0 Å². The number of nitrogens with one attached hydrogen (secondary N) is 1. The van der Waals surface area contributed by atoms with Crippen molar-refractivity contribution in [2.45, 2.75) is 18.9 Å². The molecule has 0 bridgehead atoms. The standard InChI is InChI=1S/C13H15NOS/c15-12(9-4-5-9)8-14-11-3-1-2-10-6-7-16-13(10)11/h1-3,6-7,9,12,14-15H,4-5,8H2. The summed E-state index contributed by atoms with van der Waals surface area (Å²) in [6.07, 6.45) is 2.19. The molecule has 1 heterocycles. The molecule has 0 radical (unpaired) electrons. The van der Waals surface area contributed by atoms with Gasteiger partial charge < -0.3 is 10.4 Å². The number of rotatable bonds is 4. The zero-order valence-corrected chi connectivity index (χ0v) is 9.83. The van der Waals surface area contributed by atoms with Gasteiger partial charge in [0.25, 0.3) is 0 Å². The summed E-state index contributed by atoms with van der Waals surface area (Å²) in [5.74, 6) is 0.537. The smallest absolute Gasteiger partial charge is 0.0740 e. The van der Waals surface area contributed by atoms with E-state index in [0.717, 1.165) is 5.69 Å². The van der Waals surface area contributed by atoms with Crippen molar-refractivity contribution < 1.29 is 5.11 Å². The van der Waals surface area contributed by atoms with Crippen molar-refractivity contribution >= 4 is 27.1 Å². The predicted molar refractivity (Wildman–Crippen MR) is 69.0 cm³/mol. The first-order chi connectivity index (χ1) is 7.84. The Labute approximate surface area is 98.9 Å². The second-order valence-corrected chi connectivity index (χ2v) is 5.35. The highest BCUT2D eigenvalue weighted by Crippen LogP contribution is 2.33. The summed E-state index contributed by atoms with van der Waals surface area (Å²) < 4.78 is 1.28. The summed E-state index contributed by atoms with van der Waals surface area (Å²) in [5.41, 5.74) is 1.15. The summed E-state index contributed by atoms with van der Waals surface area (Å²) in [5, 5.41) is 16.5. The maximum Gasteiger partial charge on any atom is 0.0740 e. The highest BCUT2D eigenvalue weighted by atomic mass is 32.1. The summed E-state index contributed by atoms with van der Waals surface area (Å²) >= 11 is 1.75. The highest BCUT2D eigenvalue weighted by molar-refractivity contribution is 7.17. The van der Waals surface area contributed by atoms with Gasteiger partial charge in [-0.05, 0) is 41.7 Å². The van der Waals surface area contributed by atoms with E-state index in [4.69, 9.17) is 0 Å². The molecule has 2 N–H and O–H groups in total. The molecule has 16 heavy (non-hydrogen) atoms. The van der Waals surface area contributed by atoms with Crippen molar-refractivity contribution in [3.8, 4) is 0 Å². The fourth-order valence-corrected chi connectivity index (χ4v) is 2.88. The van der Waals surface area contributed by atoms with E-state index in [2.05, 4.69) is 35.0 Å². The lowest BCUT2D eigenvalue weighted by Gasteiger charge is -2.12. The molecule has 3 heteroatoms. The van der Waals surface area contributed by atoms with Crippen LogP contribution in [0.2, 0.25) is 0 Å². The van der Waals surface area contributed by atoms with E-state index >= 15 is 0 Å². The number of hydrogen-bond donors (Lipinski definition) is 2. The third-order valence-corrected chi connectivity index (χ3v) is 4.11. The lowest BCUT2D eigenvalue weighted by molar-refractivity contribution is 0.164. The van der Waals surface area contributed by atoms with Crippen LogP contribution in [0, 0.1) is 5.92 Å². The maximum absolute atomic E-state index is 9.81. The van der Waals surface area contributed by atoms with Crippen LogP contribution in [0.1, 0.15) is 12.8 Å². The minimum Gasteiger partial charge on any atom is -0.391 e. The zero-order chi connectivity index (χ0) is 11.0. The van der Waals surface area contributed by atoms with E-state index in [1.165, 1.54) is 22.9 Å². The van der Waals surface area contributed by atoms with Gasteiger partial charge in [0.05, 0.1) is 16.5 Å². The average molecular weight is 233 g/mol. The Hall–Kier alpha value is -1.06. The number of aliphatic hydroxyl groups is 1. The minimum atomic E-state index is -0.185. The molecule has 1 saturated carbocycles. The van der Waals surface area contributed by atoms with E-state index in [9.17, 15) is 5.11 Å². The molecule has 1 aliphatic rings. The first-order valence-corrected chi connectivity index (χ1v) is 6.61. The number of anilines is 1. The first-order valence-electron chi connectivity index (χ1n) is 5.73. The number of thiophene rings is 1. The largest absolute Gasteiger partial charge is 0.391 e. The molecule has 0 aliphatic heterocycles. The molecule has 2 nitrogen and oxygen atoms in total. The summed E-state index contributed by atoms with van der Waals surface area (Å²) in [6, 6.07) is 8.39. The number of aliphatic hydroxyl groups excluding tert-OH is 1. The van der Waals surface area contributed by atoms with Crippen LogP contribution >= 0.6 is 11.3 Å². The monoisotopic (exact) mass is 233 g/mol. The van der Waals surface area contributed by atoms with E-state index in [1.807, 2.05) is 0 Å². The van der Waals surface area contributed by atoms with Crippen molar-refractivity contribution in [1.82, 2.24) is 0 Å². The van der Waals surface area contributed by atoms with E-state index in [0.29, 0.717) is 12.5 Å². The molecule has 1 aromatic heterocycles. The Bertz CT molecular complexity index is 489. The Kier molecular flexibility index (Phi) is 2.58. The van der Waals surface area contributed by atoms with Gasteiger partial charge in [0.2, 0.25) is 0 Å². The van der Waals surface area contributed by atoms with Gasteiger partial charge in [0.1, 0.15) is 0 Å². The van der Waals surface area contributed by atoms with Gasteiger partial charge in [-0.15, -0.1) is 11.3 Å². The van der Waals surface area contributed by atoms with Crippen LogP contribution in [0.15, 0.2) is 29.6 Å². The van der Waals surface area contributed by atoms with E-state index in [1.54, 1.807) is 11.3 Å². The summed E-state index contributed by atoms with van der Waals surface area (Å²) in [4.78, 5) is 0. The third kappa shape index (κ3) is 1.93. The molecule has 0 amide bonds. The summed E-state index contributed by atoms with van der Waals surface area (Å²) in [7, 11) is 0. The number of fused-ring (bicyclic) bond motifs is 1. The van der Waals surface area contributed by atoms with Crippen molar-refractivity contribution in [3.63, 3.8) is 0 Å². The molecule has 1 unspecified atom stereocenters. The summed E-state index contributed by atoms with van der Waals surface area (Å²) in [6.45, 7) is 0.668. The van der Waals surface area contributed by atoms with Crippen molar-refractivity contribution in [2.24, 2.45) is 5.92 Å². The lowest BCUT2D eigenvalue weighted by Crippen LogP contribution is -2.21. The number of benzene rings is 1. The van der Waals surface area contributed by atoms with E-state index in [-0.39, 0.29) is 6.10 Å². The fourth-order valence-electron chi connectivity index (χ4n) is 1.99. The predicted octanol–water partition coefficient (Wildman–Crippen LogP) is 3.08. The molecule has 2 aromatic rings. The molecule has 0 spiro atoms. The van der Waals surface area contributed by atoms with Gasteiger partial charge in [0.15, 0.2) is 0 Å². The third-order valence-electron chi connectivity index (χ3n) is 3.15. The van der Waals surface area contributed by atoms with Crippen LogP contribution in [-0.4, -0.2) is 17.8 Å². The van der Waals surface area contributed by atoms with Crippen LogP contribution in [-0.2, 0) is 0 Å². The molecule has 1 aliphatic carbocycles. The molecular weight excluding hydrogens is 218 g/mol. The normalized spacial score (nSPS) is 17.6. The quantitative estimate of drug-likeness (QED) is 0.850. The second-order valence-electron chi connectivity index (χ2n) is 4.43. The number of hydrogen-bond acceptors (Lipinski definition) is 3. The van der Waals surface area contributed by atoms with Crippen LogP contribution in [0.4, 0.5) is 5.69 Å². The highest BCUT2D eigenvalue weighted by Gasteiger charge is 2.29. The molecule has 1 aromatic carbocycles. The Morgan fingerprint density at radius 1 is 1.38 bits per heavy atom. The topological polar surface area (TPSA) is 32.3 Å². The van der Waals surface area contributed by atoms with Crippen molar-refractivity contribution in [1.29, 1.82) is 0 Å². The molecular formula is C13H15NOS.